The Hall–Kier alpha value is -1.79. The Morgan fingerprint density at radius 1 is 1.38 bits per heavy atom. The lowest BCUT2D eigenvalue weighted by Crippen LogP contribution is -2.12. The molecule has 1 aromatic heterocycles. The molecular formula is C14H13ClFN3OS. The fourth-order valence-electron chi connectivity index (χ4n) is 1.54. The number of hydrogen-bond donors (Lipinski definition) is 2. The number of nitrogens with zero attached hydrogens (tertiary/aromatic N) is 1. The number of thioether (sulfide) groups is 1. The van der Waals surface area contributed by atoms with Crippen molar-refractivity contribution in [3.63, 3.8) is 0 Å². The molecule has 3 N–H and O–H groups in total. The third-order valence-corrected chi connectivity index (χ3v) is 3.73. The summed E-state index contributed by atoms with van der Waals surface area (Å²) in [6.07, 6.45) is 1.87. The Bertz CT molecular complexity index is 637. The van der Waals surface area contributed by atoms with Crippen LogP contribution >= 0.6 is 23.4 Å². The molecular weight excluding hydrogens is 313 g/mol. The highest BCUT2D eigenvalue weighted by molar-refractivity contribution is 7.99. The zero-order valence-electron chi connectivity index (χ0n) is 11.0. The number of nitrogen functional groups attached to an aromatic ring is 1. The molecule has 0 saturated carbocycles. The maximum absolute atomic E-state index is 13.0. The summed E-state index contributed by atoms with van der Waals surface area (Å²) < 4.78 is 13.0. The first kappa shape index (κ1) is 15.6. The van der Waals surface area contributed by atoms with Crippen molar-refractivity contribution in [3.8, 4) is 0 Å². The van der Waals surface area contributed by atoms with E-state index in [1.165, 1.54) is 30.0 Å². The fourth-order valence-corrected chi connectivity index (χ4v) is 2.44. The second-order valence-electron chi connectivity index (χ2n) is 4.20. The Balaban J connectivity index is 1.79. The van der Waals surface area contributed by atoms with Crippen LogP contribution in [-0.4, -0.2) is 16.6 Å². The first-order valence-corrected chi connectivity index (χ1v) is 7.50. The molecule has 1 heterocycles. The summed E-state index contributed by atoms with van der Waals surface area (Å²) in [4.78, 5) is 15.9. The maximum atomic E-state index is 13.0. The van der Waals surface area contributed by atoms with Gasteiger partial charge in [0.25, 0.3) is 0 Å². The number of rotatable bonds is 5. The predicted molar refractivity (Wildman–Crippen MR) is 84.0 cm³/mol. The molecule has 1 amide bonds. The first-order chi connectivity index (χ1) is 10.0. The molecule has 110 valence electrons. The van der Waals surface area contributed by atoms with Crippen LogP contribution in [0.25, 0.3) is 0 Å². The van der Waals surface area contributed by atoms with E-state index < -0.39 is 5.82 Å². The topological polar surface area (TPSA) is 68.0 Å². The number of halogens is 2. The van der Waals surface area contributed by atoms with E-state index in [4.69, 9.17) is 17.3 Å². The van der Waals surface area contributed by atoms with Crippen molar-refractivity contribution >= 4 is 40.6 Å². The van der Waals surface area contributed by atoms with Crippen LogP contribution < -0.4 is 11.1 Å². The number of amides is 1. The Morgan fingerprint density at radius 3 is 2.86 bits per heavy atom. The molecule has 0 radical (unpaired) electrons. The van der Waals surface area contributed by atoms with Crippen LogP contribution in [0.4, 0.5) is 15.8 Å². The van der Waals surface area contributed by atoms with Gasteiger partial charge in [0.15, 0.2) is 0 Å². The molecule has 21 heavy (non-hydrogen) atoms. The zero-order chi connectivity index (χ0) is 15.2. The monoisotopic (exact) mass is 325 g/mol. The molecule has 0 spiro atoms. The Labute approximate surface area is 130 Å². The number of benzene rings is 1. The van der Waals surface area contributed by atoms with E-state index in [2.05, 4.69) is 10.3 Å². The van der Waals surface area contributed by atoms with Gasteiger partial charge >= 0.3 is 0 Å². The van der Waals surface area contributed by atoms with Crippen molar-refractivity contribution in [2.24, 2.45) is 0 Å². The summed E-state index contributed by atoms with van der Waals surface area (Å²) in [6, 6.07) is 7.62. The van der Waals surface area contributed by atoms with Crippen LogP contribution in [-0.2, 0) is 4.79 Å². The van der Waals surface area contributed by atoms with Crippen LogP contribution in [0.3, 0.4) is 0 Å². The van der Waals surface area contributed by atoms with Crippen molar-refractivity contribution < 1.29 is 9.18 Å². The summed E-state index contributed by atoms with van der Waals surface area (Å²) in [6.45, 7) is 0. The lowest BCUT2D eigenvalue weighted by molar-refractivity contribution is -0.115. The van der Waals surface area contributed by atoms with E-state index in [0.717, 1.165) is 5.03 Å². The number of anilines is 2. The van der Waals surface area contributed by atoms with Gasteiger partial charge in [0, 0.05) is 24.1 Å². The van der Waals surface area contributed by atoms with Crippen LogP contribution in [0.1, 0.15) is 6.42 Å². The standard InChI is InChI=1S/C14H13ClFN3OS/c15-9-1-4-14(18-8-9)21-6-5-13(20)19-10-2-3-11(16)12(17)7-10/h1-4,7-8H,5-6,17H2,(H,19,20). The largest absolute Gasteiger partial charge is 0.396 e. The van der Waals surface area contributed by atoms with E-state index in [-0.39, 0.29) is 11.6 Å². The van der Waals surface area contributed by atoms with Gasteiger partial charge in [0.05, 0.1) is 15.7 Å². The fraction of sp³-hybridized carbons (Fsp3) is 0.143. The van der Waals surface area contributed by atoms with Crippen molar-refractivity contribution in [1.82, 2.24) is 4.98 Å². The molecule has 0 atom stereocenters. The molecule has 2 aromatic rings. The second kappa shape index (κ2) is 7.28. The number of nitrogens with one attached hydrogen (secondary N) is 1. The molecule has 0 fully saturated rings. The number of pyridine rings is 1. The van der Waals surface area contributed by atoms with E-state index in [0.29, 0.717) is 22.9 Å². The molecule has 0 aliphatic carbocycles. The van der Waals surface area contributed by atoms with Gasteiger partial charge in [-0.2, -0.15) is 0 Å². The van der Waals surface area contributed by atoms with Gasteiger partial charge in [-0.15, -0.1) is 11.8 Å². The van der Waals surface area contributed by atoms with Crippen molar-refractivity contribution in [3.05, 3.63) is 47.4 Å². The second-order valence-corrected chi connectivity index (χ2v) is 5.75. The van der Waals surface area contributed by atoms with Gasteiger partial charge in [0.1, 0.15) is 5.82 Å². The average molecular weight is 326 g/mol. The average Bonchev–Trinajstić information content (AvgIpc) is 2.45. The number of carbonyl (C=O) groups is 1. The van der Waals surface area contributed by atoms with Crippen molar-refractivity contribution in [2.45, 2.75) is 11.4 Å². The molecule has 0 bridgehead atoms. The lowest BCUT2D eigenvalue weighted by Gasteiger charge is -2.06. The molecule has 4 nitrogen and oxygen atoms in total. The smallest absolute Gasteiger partial charge is 0.225 e. The summed E-state index contributed by atoms with van der Waals surface area (Å²) in [7, 11) is 0. The SMILES string of the molecule is Nc1cc(NC(=O)CCSc2ccc(Cl)cn2)ccc1F. The minimum Gasteiger partial charge on any atom is -0.396 e. The molecule has 0 saturated heterocycles. The highest BCUT2D eigenvalue weighted by atomic mass is 35.5. The maximum Gasteiger partial charge on any atom is 0.225 e. The van der Waals surface area contributed by atoms with Gasteiger partial charge in [-0.05, 0) is 30.3 Å². The van der Waals surface area contributed by atoms with Gasteiger partial charge < -0.3 is 11.1 Å². The van der Waals surface area contributed by atoms with Gasteiger partial charge in [-0.3, -0.25) is 4.79 Å². The first-order valence-electron chi connectivity index (χ1n) is 6.14. The third-order valence-electron chi connectivity index (χ3n) is 2.56. The van der Waals surface area contributed by atoms with Crippen molar-refractivity contribution in [1.29, 1.82) is 0 Å². The zero-order valence-corrected chi connectivity index (χ0v) is 12.5. The number of hydrogen-bond acceptors (Lipinski definition) is 4. The van der Waals surface area contributed by atoms with E-state index >= 15 is 0 Å². The van der Waals surface area contributed by atoms with Crippen molar-refractivity contribution in [2.75, 3.05) is 16.8 Å². The van der Waals surface area contributed by atoms with E-state index in [9.17, 15) is 9.18 Å². The van der Waals surface area contributed by atoms with Crippen LogP contribution in [0.2, 0.25) is 5.02 Å². The predicted octanol–water partition coefficient (Wildman–Crippen LogP) is 3.58. The van der Waals surface area contributed by atoms with E-state index in [1.807, 2.05) is 0 Å². The molecule has 7 heteroatoms. The minimum atomic E-state index is -0.502. The van der Waals surface area contributed by atoms with Crippen LogP contribution in [0, 0.1) is 5.82 Å². The van der Waals surface area contributed by atoms with Gasteiger partial charge in [-0.1, -0.05) is 11.6 Å². The van der Waals surface area contributed by atoms with Crippen LogP contribution in [0.15, 0.2) is 41.6 Å². The molecule has 1 aromatic carbocycles. The number of carbonyl (C=O) groups excluding carboxylic acids is 1. The highest BCUT2D eigenvalue weighted by Crippen LogP contribution is 2.19. The quantitative estimate of drug-likeness (QED) is 0.651. The summed E-state index contributed by atoms with van der Waals surface area (Å²) >= 11 is 7.20. The molecule has 2 rings (SSSR count). The van der Waals surface area contributed by atoms with Crippen LogP contribution in [0.5, 0.6) is 0 Å². The highest BCUT2D eigenvalue weighted by Gasteiger charge is 2.05. The number of nitrogens with two attached hydrogens (primary N) is 1. The van der Waals surface area contributed by atoms with E-state index in [1.54, 1.807) is 18.3 Å². The normalized spacial score (nSPS) is 10.4. The Kier molecular flexibility index (Phi) is 5.41. The Morgan fingerprint density at radius 2 is 2.19 bits per heavy atom. The minimum absolute atomic E-state index is 0.00698. The van der Waals surface area contributed by atoms with Gasteiger partial charge in [-0.25, -0.2) is 9.37 Å². The summed E-state index contributed by atoms with van der Waals surface area (Å²) in [5, 5.41) is 4.04. The third kappa shape index (κ3) is 4.91. The lowest BCUT2D eigenvalue weighted by atomic mass is 10.2. The molecule has 0 unspecified atom stereocenters. The summed E-state index contributed by atoms with van der Waals surface area (Å²) in [5.74, 6) is -0.0863. The summed E-state index contributed by atoms with van der Waals surface area (Å²) in [5.41, 5.74) is 5.92. The molecule has 0 aliphatic rings. The number of aromatic nitrogens is 1. The van der Waals surface area contributed by atoms with Gasteiger partial charge in [0.2, 0.25) is 5.91 Å². The molecule has 0 aliphatic heterocycles.